The van der Waals surface area contributed by atoms with Crippen molar-refractivity contribution in [2.24, 2.45) is 0 Å². The molecule has 0 amide bonds. The summed E-state index contributed by atoms with van der Waals surface area (Å²) in [6, 6.07) is 3.92. The van der Waals surface area contributed by atoms with Gasteiger partial charge in [0.05, 0.1) is 9.82 Å². The predicted octanol–water partition coefficient (Wildman–Crippen LogP) is 1.86. The maximum absolute atomic E-state index is 12.3. The van der Waals surface area contributed by atoms with Gasteiger partial charge in [0.1, 0.15) is 0 Å². The molecule has 1 aromatic carbocycles. The van der Waals surface area contributed by atoms with Gasteiger partial charge in [-0.3, -0.25) is 10.1 Å². The largest absolute Gasteiger partial charge is 0.315 e. The Labute approximate surface area is 137 Å². The summed E-state index contributed by atoms with van der Waals surface area (Å²) in [5, 5.41) is 13.9. The fourth-order valence-corrected chi connectivity index (χ4v) is 3.21. The Bertz CT molecular complexity index is 593. The smallest absolute Gasteiger partial charge is 0.270 e. The number of rotatable bonds is 9. The molecule has 0 aliphatic rings. The van der Waals surface area contributed by atoms with Gasteiger partial charge in [0, 0.05) is 25.2 Å². The van der Waals surface area contributed by atoms with E-state index in [-0.39, 0.29) is 29.5 Å². The van der Waals surface area contributed by atoms with Gasteiger partial charge in [-0.1, -0.05) is 19.9 Å². The fraction of sp³-hybridized carbons (Fsp3) is 0.538. The molecule has 1 rings (SSSR count). The first-order valence-corrected chi connectivity index (χ1v) is 8.38. The Hall–Kier alpha value is -1.22. The van der Waals surface area contributed by atoms with E-state index in [4.69, 9.17) is 0 Å². The van der Waals surface area contributed by atoms with E-state index in [0.29, 0.717) is 18.5 Å². The van der Waals surface area contributed by atoms with Crippen LogP contribution in [0.1, 0.15) is 25.8 Å². The molecule has 0 heterocycles. The Kier molecular flexibility index (Phi) is 9.19. The zero-order valence-corrected chi connectivity index (χ0v) is 14.3. The number of sulfonamides is 1. The first-order chi connectivity index (χ1) is 9.92. The third kappa shape index (κ3) is 5.88. The third-order valence-corrected chi connectivity index (χ3v) is 4.50. The second-order valence-corrected chi connectivity index (χ2v) is 6.29. The van der Waals surface area contributed by atoms with Gasteiger partial charge < -0.3 is 5.32 Å². The second kappa shape index (κ2) is 9.73. The lowest BCUT2D eigenvalue weighted by atomic mass is 10.1. The highest BCUT2D eigenvalue weighted by molar-refractivity contribution is 7.89. The molecule has 0 atom stereocenters. The summed E-state index contributed by atoms with van der Waals surface area (Å²) in [7, 11) is -3.74. The van der Waals surface area contributed by atoms with Crippen LogP contribution >= 0.6 is 12.4 Å². The molecule has 0 bridgehead atoms. The minimum absolute atomic E-state index is 0. The molecule has 0 saturated heterocycles. The summed E-state index contributed by atoms with van der Waals surface area (Å²) in [4.78, 5) is 10.2. The molecule has 9 heteroatoms. The Morgan fingerprint density at radius 1 is 1.18 bits per heavy atom. The van der Waals surface area contributed by atoms with Crippen molar-refractivity contribution in [3.63, 3.8) is 0 Å². The quantitative estimate of drug-likeness (QED) is 0.401. The van der Waals surface area contributed by atoms with Gasteiger partial charge >= 0.3 is 0 Å². The predicted molar refractivity (Wildman–Crippen MR) is 88.1 cm³/mol. The molecular formula is C13H22ClN3O4S. The molecule has 0 radical (unpaired) electrons. The first-order valence-electron chi connectivity index (χ1n) is 6.90. The van der Waals surface area contributed by atoms with Crippen molar-refractivity contribution in [1.82, 2.24) is 10.0 Å². The average molecular weight is 352 g/mol. The average Bonchev–Trinajstić information content (AvgIpc) is 2.46. The number of nitro benzene ring substituents is 1. The molecule has 0 unspecified atom stereocenters. The molecule has 2 N–H and O–H groups in total. The van der Waals surface area contributed by atoms with Crippen LogP contribution in [0.5, 0.6) is 0 Å². The van der Waals surface area contributed by atoms with E-state index in [1.165, 1.54) is 12.1 Å². The zero-order valence-electron chi connectivity index (χ0n) is 12.7. The normalized spacial score (nSPS) is 11.0. The third-order valence-electron chi connectivity index (χ3n) is 2.95. The zero-order chi connectivity index (χ0) is 15.9. The number of halogens is 1. The van der Waals surface area contributed by atoms with E-state index < -0.39 is 14.9 Å². The molecule has 0 aliphatic heterocycles. The Morgan fingerprint density at radius 3 is 2.41 bits per heavy atom. The fourth-order valence-electron chi connectivity index (χ4n) is 1.85. The summed E-state index contributed by atoms with van der Waals surface area (Å²) in [5.41, 5.74) is 0.339. The number of hydrogen-bond acceptors (Lipinski definition) is 5. The number of aryl methyl sites for hydroxylation is 1. The number of nitrogens with zero attached hydrogens (tertiary/aromatic N) is 1. The summed E-state index contributed by atoms with van der Waals surface area (Å²) >= 11 is 0. The standard InChI is InChI=1S/C13H21N3O4S.ClH/c1-3-7-14-8-9-15-21(19,20)13-10-12(16(17)18)6-5-11(13)4-2;/h5-6,10,14-15H,3-4,7-9H2,1-2H3;1H. The topological polar surface area (TPSA) is 101 Å². The lowest BCUT2D eigenvalue weighted by Crippen LogP contribution is -2.32. The van der Waals surface area contributed by atoms with Crippen LogP contribution in [0.3, 0.4) is 0 Å². The van der Waals surface area contributed by atoms with E-state index in [0.717, 1.165) is 19.0 Å². The molecule has 126 valence electrons. The number of hydrogen-bond donors (Lipinski definition) is 2. The van der Waals surface area contributed by atoms with Crippen molar-refractivity contribution in [3.05, 3.63) is 33.9 Å². The van der Waals surface area contributed by atoms with Crippen molar-refractivity contribution in [3.8, 4) is 0 Å². The monoisotopic (exact) mass is 351 g/mol. The van der Waals surface area contributed by atoms with E-state index in [2.05, 4.69) is 10.0 Å². The van der Waals surface area contributed by atoms with Crippen LogP contribution in [0.2, 0.25) is 0 Å². The van der Waals surface area contributed by atoms with E-state index >= 15 is 0 Å². The van der Waals surface area contributed by atoms with Crippen LogP contribution in [-0.4, -0.2) is 33.0 Å². The van der Waals surface area contributed by atoms with Gasteiger partial charge in [-0.05, 0) is 24.9 Å². The Morgan fingerprint density at radius 2 is 1.86 bits per heavy atom. The number of nitrogens with one attached hydrogen (secondary N) is 2. The highest BCUT2D eigenvalue weighted by Crippen LogP contribution is 2.22. The summed E-state index contributed by atoms with van der Waals surface area (Å²) < 4.78 is 27.0. The SMILES string of the molecule is CCCNCCNS(=O)(=O)c1cc([N+](=O)[O-])ccc1CC.Cl. The van der Waals surface area contributed by atoms with E-state index in [1.54, 1.807) is 0 Å². The van der Waals surface area contributed by atoms with Crippen LogP contribution in [0.25, 0.3) is 0 Å². The molecule has 0 saturated carbocycles. The molecular weight excluding hydrogens is 330 g/mol. The highest BCUT2D eigenvalue weighted by atomic mass is 35.5. The van der Waals surface area contributed by atoms with Crippen molar-refractivity contribution in [2.45, 2.75) is 31.6 Å². The molecule has 0 spiro atoms. The Balaban J connectivity index is 0.00000441. The number of benzene rings is 1. The number of non-ortho nitro benzene ring substituents is 1. The molecule has 7 nitrogen and oxygen atoms in total. The van der Waals surface area contributed by atoms with Gasteiger partial charge in [0.2, 0.25) is 10.0 Å². The minimum Gasteiger partial charge on any atom is -0.315 e. The van der Waals surface area contributed by atoms with Crippen molar-refractivity contribution in [1.29, 1.82) is 0 Å². The van der Waals surface area contributed by atoms with Crippen LogP contribution in [0.4, 0.5) is 5.69 Å². The van der Waals surface area contributed by atoms with Crippen LogP contribution in [0, 0.1) is 10.1 Å². The minimum atomic E-state index is -3.74. The van der Waals surface area contributed by atoms with Gasteiger partial charge in [-0.2, -0.15) is 0 Å². The highest BCUT2D eigenvalue weighted by Gasteiger charge is 2.20. The second-order valence-electron chi connectivity index (χ2n) is 4.55. The van der Waals surface area contributed by atoms with Crippen molar-refractivity contribution in [2.75, 3.05) is 19.6 Å². The number of nitro groups is 1. The van der Waals surface area contributed by atoms with Gasteiger partial charge in [0.25, 0.3) is 5.69 Å². The van der Waals surface area contributed by atoms with Crippen molar-refractivity contribution < 1.29 is 13.3 Å². The van der Waals surface area contributed by atoms with Gasteiger partial charge in [-0.25, -0.2) is 13.1 Å². The molecule has 0 fully saturated rings. The van der Waals surface area contributed by atoms with Crippen LogP contribution < -0.4 is 10.0 Å². The summed E-state index contributed by atoms with van der Waals surface area (Å²) in [5.74, 6) is 0. The van der Waals surface area contributed by atoms with Gasteiger partial charge in [0.15, 0.2) is 0 Å². The maximum Gasteiger partial charge on any atom is 0.270 e. The van der Waals surface area contributed by atoms with Gasteiger partial charge in [-0.15, -0.1) is 12.4 Å². The summed E-state index contributed by atoms with van der Waals surface area (Å²) in [6.07, 6.45) is 1.46. The van der Waals surface area contributed by atoms with Crippen molar-refractivity contribution >= 4 is 28.1 Å². The first kappa shape index (κ1) is 20.8. The molecule has 0 aromatic heterocycles. The van der Waals surface area contributed by atoms with Crippen LogP contribution in [0.15, 0.2) is 23.1 Å². The summed E-state index contributed by atoms with van der Waals surface area (Å²) in [6.45, 7) is 5.41. The van der Waals surface area contributed by atoms with Crippen LogP contribution in [-0.2, 0) is 16.4 Å². The molecule has 22 heavy (non-hydrogen) atoms. The molecule has 1 aromatic rings. The van der Waals surface area contributed by atoms with E-state index in [9.17, 15) is 18.5 Å². The maximum atomic E-state index is 12.3. The lowest BCUT2D eigenvalue weighted by Gasteiger charge is -2.10. The molecule has 0 aliphatic carbocycles. The lowest BCUT2D eigenvalue weighted by molar-refractivity contribution is -0.385. The van der Waals surface area contributed by atoms with E-state index in [1.807, 2.05) is 13.8 Å².